The number of carboxylic acids is 1. The summed E-state index contributed by atoms with van der Waals surface area (Å²) in [5, 5.41) is 14.8. The number of anilines is 1. The average molecular weight is 716 g/mol. The predicted octanol–water partition coefficient (Wildman–Crippen LogP) is 4.91. The molecule has 3 heterocycles. The zero-order chi connectivity index (χ0) is 36.9. The molecule has 270 valence electrons. The molecule has 2 aromatic rings. The first kappa shape index (κ1) is 36.2. The van der Waals surface area contributed by atoms with Gasteiger partial charge in [-0.15, -0.1) is 0 Å². The highest BCUT2D eigenvalue weighted by Crippen LogP contribution is 2.50. The number of carboxylic acid groups (broad SMARTS) is 1. The van der Waals surface area contributed by atoms with Crippen molar-refractivity contribution in [3.8, 4) is 0 Å². The Bertz CT molecular complexity index is 2060. The molecule has 0 spiro atoms. The minimum absolute atomic E-state index is 0.0220. The predicted molar refractivity (Wildman–Crippen MR) is 196 cm³/mol. The van der Waals surface area contributed by atoms with Crippen LogP contribution in [0, 0.1) is 0 Å². The SMILES string of the molecule is CN1/C(=C/C2=C(NC(CS(=O)(=O)O)C(=O)NCCCCCC(=O)O)C(=C3\CCC[N+]4=C3C(C)(C)c3ccccc34)/C2=O)C(C)(C)c2ccccc21. The van der Waals surface area contributed by atoms with Gasteiger partial charge in [0, 0.05) is 66.0 Å². The van der Waals surface area contributed by atoms with Crippen LogP contribution in [0.25, 0.3) is 0 Å². The van der Waals surface area contributed by atoms with Gasteiger partial charge in [-0.2, -0.15) is 13.0 Å². The fourth-order valence-electron chi connectivity index (χ4n) is 8.26. The summed E-state index contributed by atoms with van der Waals surface area (Å²) in [5.74, 6) is -2.63. The van der Waals surface area contributed by atoms with E-state index in [1.54, 1.807) is 0 Å². The van der Waals surface area contributed by atoms with Gasteiger partial charge in [-0.05, 0) is 50.8 Å². The summed E-state index contributed by atoms with van der Waals surface area (Å²) in [6.45, 7) is 9.47. The Balaban J connectivity index is 1.44. The van der Waals surface area contributed by atoms with Gasteiger partial charge in [0.1, 0.15) is 18.3 Å². The number of hydrogen-bond donors (Lipinski definition) is 4. The number of unbranched alkanes of at least 4 members (excludes halogenated alkanes) is 2. The molecule has 51 heavy (non-hydrogen) atoms. The number of fused-ring (bicyclic) bond motifs is 3. The highest BCUT2D eigenvalue weighted by Gasteiger charge is 2.52. The van der Waals surface area contributed by atoms with Crippen molar-refractivity contribution in [2.45, 2.75) is 83.1 Å². The Labute approximate surface area is 299 Å². The maximum Gasteiger partial charge on any atom is 0.303 e. The zero-order valence-corrected chi connectivity index (χ0v) is 30.7. The molecule has 1 unspecified atom stereocenters. The van der Waals surface area contributed by atoms with Gasteiger partial charge >= 0.3 is 5.97 Å². The van der Waals surface area contributed by atoms with Gasteiger partial charge in [0.2, 0.25) is 11.6 Å². The summed E-state index contributed by atoms with van der Waals surface area (Å²) in [7, 11) is -2.67. The fourth-order valence-corrected chi connectivity index (χ4v) is 8.91. The van der Waals surface area contributed by atoms with Crippen molar-refractivity contribution in [3.63, 3.8) is 0 Å². The van der Waals surface area contributed by atoms with E-state index in [-0.39, 0.29) is 18.7 Å². The van der Waals surface area contributed by atoms with E-state index in [0.29, 0.717) is 42.5 Å². The van der Waals surface area contributed by atoms with Crippen LogP contribution in [0.2, 0.25) is 0 Å². The number of likely N-dealkylation sites (N-methyl/N-ethyl adjacent to an activating group) is 1. The lowest BCUT2D eigenvalue weighted by Gasteiger charge is -2.34. The number of benzene rings is 2. The lowest BCUT2D eigenvalue weighted by atomic mass is 9.72. The maximum absolute atomic E-state index is 14.5. The van der Waals surface area contributed by atoms with E-state index in [0.717, 1.165) is 52.4 Å². The number of para-hydroxylation sites is 2. The van der Waals surface area contributed by atoms with E-state index < -0.39 is 44.6 Å². The summed E-state index contributed by atoms with van der Waals surface area (Å²) in [5.41, 5.74) is 7.43. The van der Waals surface area contributed by atoms with Crippen molar-refractivity contribution in [2.24, 2.45) is 0 Å². The standard InChI is InChI=1S/C39H46N4O7S/c1-38(2)26-15-8-10-17-29(26)42(5)31(38)22-25-34(41-28(23-51(48,49)50)37(47)40-20-12-6-7-19-32(44)45)33(35(25)46)24-14-13-21-43-30-18-11-9-16-27(30)39(3,4)36(24)43/h8-11,15-18,22,28H,6-7,12-14,19-21,23H2,1-5H3,(H3-,40,41,44,45,46,47,48,49,50)/p+1. The van der Waals surface area contributed by atoms with E-state index in [9.17, 15) is 27.4 Å². The molecule has 4 N–H and O–H groups in total. The molecule has 1 amide bonds. The van der Waals surface area contributed by atoms with Crippen molar-refractivity contribution in [1.29, 1.82) is 0 Å². The van der Waals surface area contributed by atoms with Crippen LogP contribution in [0.15, 0.2) is 82.7 Å². The van der Waals surface area contributed by atoms with Crippen LogP contribution >= 0.6 is 0 Å². The number of nitrogens with zero attached hydrogens (tertiary/aromatic N) is 2. The molecule has 0 bridgehead atoms. The minimum atomic E-state index is -4.62. The zero-order valence-electron chi connectivity index (χ0n) is 29.9. The number of hydrogen-bond acceptors (Lipinski definition) is 7. The molecule has 0 saturated carbocycles. The smallest absolute Gasteiger partial charge is 0.303 e. The van der Waals surface area contributed by atoms with E-state index in [1.165, 1.54) is 0 Å². The molecular weight excluding hydrogens is 669 g/mol. The Hall–Kier alpha value is -4.55. The molecule has 12 heteroatoms. The van der Waals surface area contributed by atoms with Gasteiger partial charge in [-0.25, -0.2) is 0 Å². The fraction of sp³-hybridized carbons (Fsp3) is 0.436. The summed E-state index contributed by atoms with van der Waals surface area (Å²) in [6.07, 6.45) is 4.81. The Kier molecular flexibility index (Phi) is 9.62. The monoisotopic (exact) mass is 715 g/mol. The third-order valence-electron chi connectivity index (χ3n) is 10.7. The molecule has 0 saturated heterocycles. The second kappa shape index (κ2) is 13.5. The Morgan fingerprint density at radius 1 is 1.00 bits per heavy atom. The van der Waals surface area contributed by atoms with Crippen LogP contribution < -0.4 is 15.5 Å². The minimum Gasteiger partial charge on any atom is -0.481 e. The van der Waals surface area contributed by atoms with Gasteiger partial charge in [-0.3, -0.25) is 18.9 Å². The highest BCUT2D eigenvalue weighted by molar-refractivity contribution is 7.85. The molecule has 3 aliphatic heterocycles. The van der Waals surface area contributed by atoms with E-state index in [2.05, 4.69) is 66.0 Å². The van der Waals surface area contributed by atoms with Gasteiger partial charge in [0.15, 0.2) is 11.5 Å². The van der Waals surface area contributed by atoms with Gasteiger partial charge < -0.3 is 20.6 Å². The largest absolute Gasteiger partial charge is 0.481 e. The van der Waals surface area contributed by atoms with Crippen molar-refractivity contribution < 1.29 is 37.0 Å². The van der Waals surface area contributed by atoms with Crippen LogP contribution in [0.1, 0.15) is 77.3 Å². The van der Waals surface area contributed by atoms with Crippen molar-refractivity contribution in [1.82, 2.24) is 10.6 Å². The first-order chi connectivity index (χ1) is 24.0. The topological polar surface area (TPSA) is 156 Å². The van der Waals surface area contributed by atoms with Crippen LogP contribution in [-0.4, -0.2) is 78.0 Å². The second-order valence-corrected chi connectivity index (χ2v) is 16.4. The maximum atomic E-state index is 14.5. The summed E-state index contributed by atoms with van der Waals surface area (Å²) in [4.78, 5) is 41.0. The van der Waals surface area contributed by atoms with Gasteiger partial charge in [-0.1, -0.05) is 56.7 Å². The molecular formula is C39H47N4O7S+. The number of carbonyl (C=O) groups excluding carboxylic acids is 2. The normalized spacial score (nSPS) is 21.6. The van der Waals surface area contributed by atoms with Crippen molar-refractivity contribution in [2.75, 3.05) is 30.8 Å². The first-order valence-electron chi connectivity index (χ1n) is 17.6. The molecule has 0 aromatic heterocycles. The highest BCUT2D eigenvalue weighted by atomic mass is 32.2. The molecule has 1 aliphatic carbocycles. The van der Waals surface area contributed by atoms with Gasteiger partial charge in [0.25, 0.3) is 10.1 Å². The van der Waals surface area contributed by atoms with Crippen LogP contribution in [0.4, 0.5) is 11.4 Å². The third-order valence-corrected chi connectivity index (χ3v) is 11.5. The summed E-state index contributed by atoms with van der Waals surface area (Å²) < 4.78 is 36.8. The molecule has 0 fully saturated rings. The van der Waals surface area contributed by atoms with Crippen molar-refractivity contribution >= 4 is 44.9 Å². The van der Waals surface area contributed by atoms with Crippen molar-refractivity contribution in [3.05, 3.63) is 93.8 Å². The number of nitrogens with one attached hydrogen (secondary N) is 2. The van der Waals surface area contributed by atoms with E-state index in [1.807, 2.05) is 43.5 Å². The molecule has 1 atom stereocenters. The van der Waals surface area contributed by atoms with Crippen LogP contribution in [0.5, 0.6) is 0 Å². The summed E-state index contributed by atoms with van der Waals surface area (Å²) >= 11 is 0. The van der Waals surface area contributed by atoms with Crippen LogP contribution in [-0.2, 0) is 35.3 Å². The number of allylic oxidation sites excluding steroid dienone is 5. The average Bonchev–Trinajstić information content (AvgIpc) is 3.42. The number of Topliss-reactive ketones (excluding diaryl/α,β-unsaturated/α-hetero) is 1. The molecule has 0 radical (unpaired) electrons. The Morgan fingerprint density at radius 3 is 2.37 bits per heavy atom. The number of rotatable bonds is 12. The third kappa shape index (κ3) is 6.67. The molecule has 6 rings (SSSR count). The number of ketones is 1. The lowest BCUT2D eigenvalue weighted by molar-refractivity contribution is -0.441. The quantitative estimate of drug-likeness (QED) is 0.104. The lowest BCUT2D eigenvalue weighted by Crippen LogP contribution is -2.51. The van der Waals surface area contributed by atoms with Gasteiger partial charge in [0.05, 0.1) is 16.7 Å². The molecule has 11 nitrogen and oxygen atoms in total. The van der Waals surface area contributed by atoms with E-state index >= 15 is 0 Å². The molecule has 4 aliphatic rings. The Morgan fingerprint density at radius 2 is 1.69 bits per heavy atom. The second-order valence-electron chi connectivity index (χ2n) is 14.9. The number of carbonyl (C=O) groups is 3. The summed E-state index contributed by atoms with van der Waals surface area (Å²) in [6, 6.07) is 14.9. The molecule has 2 aromatic carbocycles. The number of aliphatic carboxylic acids is 1. The van der Waals surface area contributed by atoms with E-state index in [4.69, 9.17) is 5.11 Å². The van der Waals surface area contributed by atoms with Crippen LogP contribution in [0.3, 0.4) is 0 Å². The first-order valence-corrected chi connectivity index (χ1v) is 19.2. The number of amides is 1.